The second-order valence-electron chi connectivity index (χ2n) is 8.61. The monoisotopic (exact) mass is 446 g/mol. The first-order chi connectivity index (χ1) is 16.2. The van der Waals surface area contributed by atoms with E-state index in [-0.39, 0.29) is 5.91 Å². The first-order valence-corrected chi connectivity index (χ1v) is 11.6. The maximum absolute atomic E-state index is 12.9. The van der Waals surface area contributed by atoms with Crippen LogP contribution >= 0.6 is 0 Å². The molecule has 2 aliphatic rings. The van der Waals surface area contributed by atoms with Gasteiger partial charge in [0.25, 0.3) is 5.91 Å². The molecule has 2 aromatic heterocycles. The minimum atomic E-state index is -0.0436. The number of amides is 1. The number of hydrogen-bond acceptors (Lipinski definition) is 7. The average molecular weight is 447 g/mol. The van der Waals surface area contributed by atoms with Crippen molar-refractivity contribution in [2.24, 2.45) is 0 Å². The van der Waals surface area contributed by atoms with Gasteiger partial charge in [-0.3, -0.25) is 19.6 Å². The average Bonchev–Trinajstić information content (AvgIpc) is 3.34. The van der Waals surface area contributed by atoms with Gasteiger partial charge in [0.15, 0.2) is 5.69 Å². The number of nitrogens with zero attached hydrogens (tertiary/aromatic N) is 6. The van der Waals surface area contributed by atoms with Crippen molar-refractivity contribution >= 4 is 11.6 Å². The molecule has 33 heavy (non-hydrogen) atoms. The van der Waals surface area contributed by atoms with E-state index in [4.69, 9.17) is 4.42 Å². The number of oxazole rings is 1. The number of anilines is 1. The third-order valence-electron chi connectivity index (χ3n) is 6.39. The van der Waals surface area contributed by atoms with Crippen molar-refractivity contribution in [1.29, 1.82) is 0 Å². The second kappa shape index (κ2) is 10.1. The number of carbonyl (C=O) groups excluding carboxylic acids is 1. The Morgan fingerprint density at radius 3 is 2.21 bits per heavy atom. The summed E-state index contributed by atoms with van der Waals surface area (Å²) in [5.41, 5.74) is 2.71. The van der Waals surface area contributed by atoms with Crippen LogP contribution in [-0.4, -0.2) is 82.9 Å². The van der Waals surface area contributed by atoms with E-state index in [1.807, 2.05) is 41.4 Å². The number of rotatable bonds is 6. The predicted molar refractivity (Wildman–Crippen MR) is 126 cm³/mol. The molecule has 5 rings (SSSR count). The molecule has 0 bridgehead atoms. The number of aromatic nitrogens is 2. The van der Waals surface area contributed by atoms with Crippen molar-refractivity contribution in [3.05, 3.63) is 78.3 Å². The van der Waals surface area contributed by atoms with Gasteiger partial charge >= 0.3 is 0 Å². The quantitative estimate of drug-likeness (QED) is 0.576. The van der Waals surface area contributed by atoms with Crippen LogP contribution in [0.3, 0.4) is 0 Å². The summed E-state index contributed by atoms with van der Waals surface area (Å²) in [5.74, 6) is 0.567. The lowest BCUT2D eigenvalue weighted by Crippen LogP contribution is -2.48. The molecule has 2 aliphatic heterocycles. The molecule has 2 saturated heterocycles. The van der Waals surface area contributed by atoms with Gasteiger partial charge in [-0.2, -0.15) is 0 Å². The summed E-state index contributed by atoms with van der Waals surface area (Å²) in [5, 5.41) is 0. The molecule has 0 radical (unpaired) electrons. The number of piperazine rings is 2. The van der Waals surface area contributed by atoms with E-state index in [1.165, 1.54) is 12.0 Å². The minimum Gasteiger partial charge on any atom is -0.447 e. The van der Waals surface area contributed by atoms with Crippen LogP contribution in [-0.2, 0) is 13.1 Å². The molecule has 8 heteroatoms. The fraction of sp³-hybridized carbons (Fsp3) is 0.400. The number of hydrogen-bond donors (Lipinski definition) is 0. The summed E-state index contributed by atoms with van der Waals surface area (Å²) in [6.45, 7) is 8.38. The fourth-order valence-electron chi connectivity index (χ4n) is 4.47. The smallest absolute Gasteiger partial charge is 0.275 e. The standard InChI is InChI=1S/C25H30N6O2/c32-25(31-16-14-30(15-17-31)22-7-2-1-3-8-22)23-20-33-24(27-23)19-29-12-10-28(11-13-29)18-21-6-4-5-9-26-21/h1-9,20H,10-19H2. The van der Waals surface area contributed by atoms with Crippen molar-refractivity contribution < 1.29 is 9.21 Å². The Labute approximate surface area is 194 Å². The van der Waals surface area contributed by atoms with E-state index in [1.54, 1.807) is 0 Å². The lowest BCUT2D eigenvalue weighted by atomic mass is 10.2. The topological polar surface area (TPSA) is 69.0 Å². The van der Waals surface area contributed by atoms with E-state index in [9.17, 15) is 4.79 Å². The van der Waals surface area contributed by atoms with Crippen LogP contribution in [0, 0.1) is 0 Å². The molecule has 3 aromatic rings. The summed E-state index contributed by atoms with van der Waals surface area (Å²) in [6.07, 6.45) is 3.36. The molecule has 172 valence electrons. The summed E-state index contributed by atoms with van der Waals surface area (Å²) in [6, 6.07) is 16.4. The summed E-state index contributed by atoms with van der Waals surface area (Å²) < 4.78 is 5.66. The lowest BCUT2D eigenvalue weighted by Gasteiger charge is -2.35. The Hall–Kier alpha value is -3.23. The number of para-hydroxylation sites is 1. The third-order valence-corrected chi connectivity index (χ3v) is 6.39. The summed E-state index contributed by atoms with van der Waals surface area (Å²) in [7, 11) is 0. The van der Waals surface area contributed by atoms with Crippen LogP contribution in [0.4, 0.5) is 5.69 Å². The van der Waals surface area contributed by atoms with Crippen LogP contribution in [0.2, 0.25) is 0 Å². The van der Waals surface area contributed by atoms with Gasteiger partial charge in [-0.25, -0.2) is 4.98 Å². The molecular weight excluding hydrogens is 416 g/mol. The largest absolute Gasteiger partial charge is 0.447 e. The molecule has 1 aromatic carbocycles. The van der Waals surface area contributed by atoms with Crippen molar-refractivity contribution in [2.75, 3.05) is 57.3 Å². The SMILES string of the molecule is O=C(c1coc(CN2CCN(Cc3ccccn3)CC2)n1)N1CCN(c2ccccc2)CC1. The second-order valence-corrected chi connectivity index (χ2v) is 8.61. The summed E-state index contributed by atoms with van der Waals surface area (Å²) in [4.78, 5) is 30.8. The maximum atomic E-state index is 12.9. The van der Waals surface area contributed by atoms with E-state index in [2.05, 4.69) is 42.9 Å². The van der Waals surface area contributed by atoms with Gasteiger partial charge in [-0.05, 0) is 24.3 Å². The Morgan fingerprint density at radius 2 is 1.52 bits per heavy atom. The molecule has 0 aliphatic carbocycles. The van der Waals surface area contributed by atoms with E-state index in [0.717, 1.165) is 51.5 Å². The molecule has 1 amide bonds. The molecule has 0 saturated carbocycles. The van der Waals surface area contributed by atoms with E-state index < -0.39 is 0 Å². The highest BCUT2D eigenvalue weighted by Crippen LogP contribution is 2.17. The van der Waals surface area contributed by atoms with Gasteiger partial charge in [0, 0.05) is 70.8 Å². The normalized spacial score (nSPS) is 17.9. The summed E-state index contributed by atoms with van der Waals surface area (Å²) >= 11 is 0. The van der Waals surface area contributed by atoms with Crippen molar-refractivity contribution in [3.8, 4) is 0 Å². The van der Waals surface area contributed by atoms with Crippen molar-refractivity contribution in [3.63, 3.8) is 0 Å². The van der Waals surface area contributed by atoms with Crippen LogP contribution in [0.1, 0.15) is 22.1 Å². The Kier molecular flexibility index (Phi) is 6.64. The molecule has 0 atom stereocenters. The molecule has 4 heterocycles. The molecular formula is C25H30N6O2. The highest BCUT2D eigenvalue weighted by molar-refractivity contribution is 5.92. The molecule has 8 nitrogen and oxygen atoms in total. The van der Waals surface area contributed by atoms with Gasteiger partial charge in [-0.1, -0.05) is 24.3 Å². The molecule has 2 fully saturated rings. The predicted octanol–water partition coefficient (Wildman–Crippen LogP) is 2.35. The molecule has 0 N–H and O–H groups in total. The highest BCUT2D eigenvalue weighted by atomic mass is 16.3. The molecule has 0 spiro atoms. The number of benzene rings is 1. The minimum absolute atomic E-state index is 0.0436. The lowest BCUT2D eigenvalue weighted by molar-refractivity contribution is 0.0740. The van der Waals surface area contributed by atoms with Gasteiger partial charge in [0.05, 0.1) is 12.2 Å². The van der Waals surface area contributed by atoms with Crippen LogP contribution < -0.4 is 4.90 Å². The zero-order valence-corrected chi connectivity index (χ0v) is 18.8. The fourth-order valence-corrected chi connectivity index (χ4v) is 4.47. The zero-order valence-electron chi connectivity index (χ0n) is 18.8. The van der Waals surface area contributed by atoms with Gasteiger partial charge in [-0.15, -0.1) is 0 Å². The van der Waals surface area contributed by atoms with E-state index in [0.29, 0.717) is 31.2 Å². The van der Waals surface area contributed by atoms with E-state index >= 15 is 0 Å². The number of pyridine rings is 1. The molecule has 0 unspecified atom stereocenters. The van der Waals surface area contributed by atoms with Gasteiger partial charge < -0.3 is 14.2 Å². The third kappa shape index (κ3) is 5.40. The first kappa shape index (κ1) is 21.6. The first-order valence-electron chi connectivity index (χ1n) is 11.6. The Balaban J connectivity index is 1.09. The van der Waals surface area contributed by atoms with Crippen molar-refractivity contribution in [1.82, 2.24) is 24.7 Å². The Bertz CT molecular complexity index is 1030. The highest BCUT2D eigenvalue weighted by Gasteiger charge is 2.25. The zero-order chi connectivity index (χ0) is 22.5. The van der Waals surface area contributed by atoms with Gasteiger partial charge in [0.1, 0.15) is 6.26 Å². The number of carbonyl (C=O) groups is 1. The van der Waals surface area contributed by atoms with Crippen molar-refractivity contribution in [2.45, 2.75) is 13.1 Å². The van der Waals surface area contributed by atoms with Gasteiger partial charge in [0.2, 0.25) is 5.89 Å². The van der Waals surface area contributed by atoms with Crippen LogP contribution in [0.15, 0.2) is 65.4 Å². The maximum Gasteiger partial charge on any atom is 0.275 e. The van der Waals surface area contributed by atoms with Crippen LogP contribution in [0.25, 0.3) is 0 Å². The van der Waals surface area contributed by atoms with Crippen LogP contribution in [0.5, 0.6) is 0 Å². The Morgan fingerprint density at radius 1 is 0.818 bits per heavy atom.